The first-order chi connectivity index (χ1) is 14.4. The number of nitrogens with zero attached hydrogens (tertiary/aromatic N) is 1. The molecule has 1 N–H and O–H groups in total. The van der Waals surface area contributed by atoms with Crippen LogP contribution in [0.15, 0.2) is 42.0 Å². The van der Waals surface area contributed by atoms with Crippen LogP contribution in [0.3, 0.4) is 0 Å². The maximum atomic E-state index is 12.6. The first kappa shape index (κ1) is 22.8. The summed E-state index contributed by atoms with van der Waals surface area (Å²) < 4.78 is 15.7. The first-order valence-electron chi connectivity index (χ1n) is 9.14. The van der Waals surface area contributed by atoms with Crippen molar-refractivity contribution in [1.29, 1.82) is 5.26 Å². The SMILES string of the molecule is CCOc1cc(OCC)c(/C=C(\C#N)C(=O)Nc2ccc(C(=O)OC)cc2)cc1Cl. The van der Waals surface area contributed by atoms with Gasteiger partial charge in [0, 0.05) is 17.3 Å². The van der Waals surface area contributed by atoms with Gasteiger partial charge >= 0.3 is 5.97 Å². The second-order valence-corrected chi connectivity index (χ2v) is 6.29. The minimum atomic E-state index is -0.615. The van der Waals surface area contributed by atoms with Gasteiger partial charge in [-0.15, -0.1) is 0 Å². The second kappa shape index (κ2) is 10.9. The van der Waals surface area contributed by atoms with Gasteiger partial charge in [-0.05, 0) is 50.3 Å². The number of nitrogens with one attached hydrogen (secondary N) is 1. The molecule has 0 aliphatic rings. The molecule has 0 spiro atoms. The van der Waals surface area contributed by atoms with Crippen molar-refractivity contribution >= 4 is 35.2 Å². The van der Waals surface area contributed by atoms with Crippen LogP contribution in [0.1, 0.15) is 29.8 Å². The molecule has 2 aromatic carbocycles. The Morgan fingerprint density at radius 2 is 1.73 bits per heavy atom. The smallest absolute Gasteiger partial charge is 0.337 e. The Morgan fingerprint density at radius 3 is 2.30 bits per heavy atom. The monoisotopic (exact) mass is 428 g/mol. The van der Waals surface area contributed by atoms with Gasteiger partial charge in [-0.2, -0.15) is 5.26 Å². The summed E-state index contributed by atoms with van der Waals surface area (Å²) in [5, 5.41) is 12.4. The Labute approximate surface area is 179 Å². The number of methoxy groups -OCH3 is 1. The number of ether oxygens (including phenoxy) is 3. The van der Waals surface area contributed by atoms with Crippen molar-refractivity contribution in [3.8, 4) is 17.6 Å². The third kappa shape index (κ3) is 5.75. The fourth-order valence-corrected chi connectivity index (χ4v) is 2.75. The molecule has 0 unspecified atom stereocenters. The summed E-state index contributed by atoms with van der Waals surface area (Å²) in [5.41, 5.74) is 1.09. The van der Waals surface area contributed by atoms with Crippen molar-refractivity contribution < 1.29 is 23.8 Å². The van der Waals surface area contributed by atoms with Crippen LogP contribution in [0.4, 0.5) is 5.69 Å². The summed E-state index contributed by atoms with van der Waals surface area (Å²) in [5.74, 6) is -0.209. The summed E-state index contributed by atoms with van der Waals surface area (Å²) in [7, 11) is 1.28. The average Bonchev–Trinajstić information content (AvgIpc) is 2.75. The van der Waals surface area contributed by atoms with E-state index in [0.717, 1.165) is 0 Å². The van der Waals surface area contributed by atoms with Crippen LogP contribution in [0.2, 0.25) is 5.02 Å². The van der Waals surface area contributed by atoms with Crippen molar-refractivity contribution in [1.82, 2.24) is 0 Å². The number of nitriles is 1. The molecule has 156 valence electrons. The molecule has 1 amide bonds. The quantitative estimate of drug-likeness (QED) is 0.378. The highest BCUT2D eigenvalue weighted by Crippen LogP contribution is 2.34. The molecule has 0 aromatic heterocycles. The predicted octanol–water partition coefficient (Wildman–Crippen LogP) is 4.47. The maximum Gasteiger partial charge on any atom is 0.337 e. The zero-order chi connectivity index (χ0) is 22.1. The van der Waals surface area contributed by atoms with Gasteiger partial charge in [-0.3, -0.25) is 4.79 Å². The van der Waals surface area contributed by atoms with E-state index >= 15 is 0 Å². The van der Waals surface area contributed by atoms with E-state index in [0.29, 0.717) is 46.5 Å². The number of benzene rings is 2. The Morgan fingerprint density at radius 1 is 1.10 bits per heavy atom. The molecule has 7 nitrogen and oxygen atoms in total. The van der Waals surface area contributed by atoms with E-state index in [1.165, 1.54) is 25.3 Å². The number of amides is 1. The lowest BCUT2D eigenvalue weighted by atomic mass is 10.1. The molecule has 2 aromatic rings. The molecule has 2 rings (SSSR count). The van der Waals surface area contributed by atoms with Crippen LogP contribution in [-0.2, 0) is 9.53 Å². The van der Waals surface area contributed by atoms with Gasteiger partial charge in [-0.1, -0.05) is 11.6 Å². The number of anilines is 1. The molecule has 0 fully saturated rings. The van der Waals surface area contributed by atoms with Gasteiger partial charge in [0.25, 0.3) is 5.91 Å². The Kier molecular flexibility index (Phi) is 8.27. The molecular formula is C22H21ClN2O5. The predicted molar refractivity (Wildman–Crippen MR) is 114 cm³/mol. The Hall–Kier alpha value is -3.50. The van der Waals surface area contributed by atoms with E-state index in [9.17, 15) is 14.9 Å². The van der Waals surface area contributed by atoms with Crippen LogP contribution in [-0.4, -0.2) is 32.2 Å². The van der Waals surface area contributed by atoms with Crippen molar-refractivity contribution in [3.63, 3.8) is 0 Å². The van der Waals surface area contributed by atoms with Gasteiger partial charge in [0.2, 0.25) is 0 Å². The lowest BCUT2D eigenvalue weighted by Gasteiger charge is -2.12. The fraction of sp³-hybridized carbons (Fsp3) is 0.227. The molecule has 0 saturated carbocycles. The molecule has 8 heteroatoms. The van der Waals surface area contributed by atoms with E-state index < -0.39 is 11.9 Å². The third-order valence-corrected chi connectivity index (χ3v) is 4.19. The van der Waals surface area contributed by atoms with Gasteiger partial charge in [0.1, 0.15) is 23.1 Å². The summed E-state index contributed by atoms with van der Waals surface area (Å²) >= 11 is 6.24. The zero-order valence-electron chi connectivity index (χ0n) is 16.8. The van der Waals surface area contributed by atoms with E-state index in [-0.39, 0.29) is 5.57 Å². The minimum Gasteiger partial charge on any atom is -0.493 e. The highest BCUT2D eigenvalue weighted by Gasteiger charge is 2.15. The number of rotatable bonds is 8. The van der Waals surface area contributed by atoms with E-state index in [4.69, 9.17) is 21.1 Å². The summed E-state index contributed by atoms with van der Waals surface area (Å²) in [6.07, 6.45) is 1.39. The number of esters is 1. The number of carbonyl (C=O) groups excluding carboxylic acids is 2. The van der Waals surface area contributed by atoms with Crippen LogP contribution >= 0.6 is 11.6 Å². The highest BCUT2D eigenvalue weighted by atomic mass is 35.5. The van der Waals surface area contributed by atoms with Crippen molar-refractivity contribution in [2.24, 2.45) is 0 Å². The molecule has 0 radical (unpaired) electrons. The molecule has 0 aliphatic carbocycles. The molecule has 0 aliphatic heterocycles. The van der Waals surface area contributed by atoms with Crippen molar-refractivity contribution in [3.05, 3.63) is 58.1 Å². The van der Waals surface area contributed by atoms with Crippen LogP contribution in [0.5, 0.6) is 11.5 Å². The average molecular weight is 429 g/mol. The molecule has 30 heavy (non-hydrogen) atoms. The van der Waals surface area contributed by atoms with E-state index in [1.54, 1.807) is 24.3 Å². The molecule has 0 atom stereocenters. The van der Waals surface area contributed by atoms with Crippen molar-refractivity contribution in [2.45, 2.75) is 13.8 Å². The topological polar surface area (TPSA) is 97.6 Å². The maximum absolute atomic E-state index is 12.6. The molecule has 0 bridgehead atoms. The lowest BCUT2D eigenvalue weighted by Crippen LogP contribution is -2.13. The normalized spacial score (nSPS) is 10.7. The molecule has 0 heterocycles. The zero-order valence-corrected chi connectivity index (χ0v) is 17.6. The van der Waals surface area contributed by atoms with Gasteiger partial charge < -0.3 is 19.5 Å². The third-order valence-electron chi connectivity index (χ3n) is 3.89. The lowest BCUT2D eigenvalue weighted by molar-refractivity contribution is -0.112. The van der Waals surface area contributed by atoms with Crippen molar-refractivity contribution in [2.75, 3.05) is 25.6 Å². The van der Waals surface area contributed by atoms with Crippen LogP contribution in [0.25, 0.3) is 6.08 Å². The Bertz CT molecular complexity index is 994. The minimum absolute atomic E-state index is 0.145. The van der Waals surface area contributed by atoms with Gasteiger partial charge in [0.15, 0.2) is 0 Å². The van der Waals surface area contributed by atoms with Crippen LogP contribution < -0.4 is 14.8 Å². The molecular weight excluding hydrogens is 408 g/mol. The first-order valence-corrected chi connectivity index (χ1v) is 9.51. The van der Waals surface area contributed by atoms with Gasteiger partial charge in [-0.25, -0.2) is 4.79 Å². The standard InChI is InChI=1S/C22H21ClN2O5/c1-4-29-19-12-20(30-5-2)18(23)11-15(19)10-16(13-24)21(26)25-17-8-6-14(7-9-17)22(27)28-3/h6-12H,4-5H2,1-3H3,(H,25,26)/b16-10+. The summed E-state index contributed by atoms with van der Waals surface area (Å²) in [4.78, 5) is 24.0. The van der Waals surface area contributed by atoms with Gasteiger partial charge in [0.05, 0.1) is 30.9 Å². The Balaban J connectivity index is 2.30. The number of carbonyl (C=O) groups is 2. The van der Waals surface area contributed by atoms with Crippen LogP contribution in [0, 0.1) is 11.3 Å². The van der Waals surface area contributed by atoms with E-state index in [1.807, 2.05) is 19.9 Å². The highest BCUT2D eigenvalue weighted by molar-refractivity contribution is 6.32. The summed E-state index contributed by atoms with van der Waals surface area (Å²) in [6, 6.07) is 11.2. The second-order valence-electron chi connectivity index (χ2n) is 5.88. The number of hydrogen-bond donors (Lipinski definition) is 1. The van der Waals surface area contributed by atoms with E-state index in [2.05, 4.69) is 10.1 Å². The fourth-order valence-electron chi connectivity index (χ4n) is 2.52. The number of halogens is 1. The summed E-state index contributed by atoms with van der Waals surface area (Å²) in [6.45, 7) is 4.47. The largest absolute Gasteiger partial charge is 0.493 e. The molecule has 0 saturated heterocycles. The number of hydrogen-bond acceptors (Lipinski definition) is 6.